The van der Waals surface area contributed by atoms with Gasteiger partial charge in [-0.25, -0.2) is 12.7 Å². The predicted molar refractivity (Wildman–Crippen MR) is 108 cm³/mol. The van der Waals surface area contributed by atoms with Crippen molar-refractivity contribution in [3.63, 3.8) is 0 Å². The Labute approximate surface area is 177 Å². The summed E-state index contributed by atoms with van der Waals surface area (Å²) in [6, 6.07) is -0.491. The van der Waals surface area contributed by atoms with Crippen LogP contribution in [0.15, 0.2) is 0 Å². The molecule has 4 atom stereocenters. The molecule has 0 aromatic rings. The summed E-state index contributed by atoms with van der Waals surface area (Å²) in [6.07, 6.45) is 1.45. The molecule has 11 heteroatoms. The Morgan fingerprint density at radius 1 is 1.27 bits per heavy atom. The van der Waals surface area contributed by atoms with E-state index in [9.17, 15) is 26.6 Å². The van der Waals surface area contributed by atoms with E-state index in [1.807, 2.05) is 13.8 Å². The molecule has 7 nitrogen and oxygen atoms in total. The van der Waals surface area contributed by atoms with E-state index >= 15 is 0 Å². The zero-order chi connectivity index (χ0) is 22.8. The Morgan fingerprint density at radius 3 is 2.33 bits per heavy atom. The molecule has 30 heavy (non-hydrogen) atoms. The molecule has 3 rings (SSSR count). The minimum absolute atomic E-state index is 0.124. The quantitative estimate of drug-likeness (QED) is 0.492. The first-order chi connectivity index (χ1) is 13.7. The van der Waals surface area contributed by atoms with Crippen molar-refractivity contribution in [1.29, 1.82) is 0 Å². The van der Waals surface area contributed by atoms with Crippen LogP contribution >= 0.6 is 7.60 Å². The zero-order valence-electron chi connectivity index (χ0n) is 18.2. The van der Waals surface area contributed by atoms with Gasteiger partial charge in [-0.3, -0.25) is 9.36 Å². The van der Waals surface area contributed by atoms with E-state index in [0.29, 0.717) is 18.8 Å². The topological polar surface area (TPSA) is 90.0 Å². The fraction of sp³-hybridized carbons (Fsp3) is 0.947. The molecule has 0 aromatic heterocycles. The first-order valence-electron chi connectivity index (χ1n) is 10.5. The van der Waals surface area contributed by atoms with Gasteiger partial charge in [0.15, 0.2) is 0 Å². The number of halogens is 2. The van der Waals surface area contributed by atoms with E-state index in [-0.39, 0.29) is 24.4 Å². The minimum Gasteiger partial charge on any atom is -0.305 e. The fourth-order valence-electron chi connectivity index (χ4n) is 5.91. The maximum Gasteiger partial charge on any atom is 0.399 e. The van der Waals surface area contributed by atoms with Crippen LogP contribution in [0.25, 0.3) is 0 Å². The van der Waals surface area contributed by atoms with Crippen molar-refractivity contribution in [1.82, 2.24) is 4.31 Å². The van der Waals surface area contributed by atoms with Crippen LogP contribution in [-0.2, 0) is 28.4 Å². The van der Waals surface area contributed by atoms with Crippen molar-refractivity contribution in [2.75, 3.05) is 19.0 Å². The van der Waals surface area contributed by atoms with Gasteiger partial charge >= 0.3 is 13.3 Å². The van der Waals surface area contributed by atoms with Crippen LogP contribution in [-0.4, -0.2) is 49.3 Å². The first-order valence-corrected chi connectivity index (χ1v) is 13.7. The van der Waals surface area contributed by atoms with Gasteiger partial charge in [0.1, 0.15) is 0 Å². The molecule has 3 aliphatic rings. The van der Waals surface area contributed by atoms with Crippen LogP contribution in [0, 0.1) is 22.7 Å². The molecular weight excluding hydrogens is 439 g/mol. The van der Waals surface area contributed by atoms with Gasteiger partial charge in [0, 0.05) is 17.8 Å². The molecule has 2 aliphatic carbocycles. The summed E-state index contributed by atoms with van der Waals surface area (Å²) in [7, 11) is -8.71. The summed E-state index contributed by atoms with van der Waals surface area (Å²) >= 11 is 0. The van der Waals surface area contributed by atoms with E-state index in [2.05, 4.69) is 0 Å². The first kappa shape index (κ1) is 24.1. The molecular formula is C19H32F2NO6PS. The van der Waals surface area contributed by atoms with Crippen LogP contribution < -0.4 is 0 Å². The molecule has 1 heterocycles. The molecule has 2 saturated carbocycles. The highest BCUT2D eigenvalue weighted by atomic mass is 32.2. The Hall–Kier alpha value is -0.570. The average Bonchev–Trinajstić information content (AvgIpc) is 3.09. The SMILES string of the molecule is CCOP(=O)(OCC)C(F)(F)[C@H](C)CC(=O)N1[C@H]2C[C@H]3CC[C@]2(CS1(=O)=O)C3(C)C. The van der Waals surface area contributed by atoms with E-state index < -0.39 is 53.0 Å². The van der Waals surface area contributed by atoms with E-state index in [4.69, 9.17) is 9.05 Å². The second-order valence-electron chi connectivity index (χ2n) is 9.34. The number of fused-ring (bicyclic) bond motifs is 1. The maximum atomic E-state index is 15.0. The Morgan fingerprint density at radius 2 is 1.83 bits per heavy atom. The molecule has 1 spiro atoms. The number of carbonyl (C=O) groups excluding carboxylic acids is 1. The van der Waals surface area contributed by atoms with Gasteiger partial charge in [-0.1, -0.05) is 20.8 Å². The molecule has 1 aliphatic heterocycles. The molecule has 0 aromatic carbocycles. The number of hydrogen-bond donors (Lipinski definition) is 0. The third-order valence-corrected chi connectivity index (χ3v) is 12.0. The normalized spacial score (nSPS) is 33.0. The smallest absolute Gasteiger partial charge is 0.305 e. The molecule has 174 valence electrons. The third kappa shape index (κ3) is 3.20. The summed E-state index contributed by atoms with van der Waals surface area (Å²) in [5.74, 6) is -2.40. The number of carbonyl (C=O) groups is 1. The summed E-state index contributed by atoms with van der Waals surface area (Å²) in [5, 5.41) is 0. The van der Waals surface area contributed by atoms with Crippen LogP contribution in [0.4, 0.5) is 8.78 Å². The minimum atomic E-state index is -4.81. The van der Waals surface area contributed by atoms with Crippen LogP contribution in [0.5, 0.6) is 0 Å². The van der Waals surface area contributed by atoms with E-state index in [0.717, 1.165) is 17.6 Å². The lowest BCUT2D eigenvalue weighted by molar-refractivity contribution is -0.132. The van der Waals surface area contributed by atoms with E-state index in [1.54, 1.807) is 0 Å². The van der Waals surface area contributed by atoms with Gasteiger partial charge in [-0.2, -0.15) is 8.78 Å². The van der Waals surface area contributed by atoms with Gasteiger partial charge in [0.25, 0.3) is 0 Å². The molecule has 0 radical (unpaired) electrons. The van der Waals surface area contributed by atoms with Gasteiger partial charge < -0.3 is 9.05 Å². The highest BCUT2D eigenvalue weighted by molar-refractivity contribution is 7.90. The monoisotopic (exact) mass is 471 g/mol. The molecule has 2 bridgehead atoms. The van der Waals surface area contributed by atoms with Crippen molar-refractivity contribution in [3.8, 4) is 0 Å². The standard InChI is InChI=1S/C19H32F2NO6PS/c1-6-27-29(24,28-7-2)19(20,21)13(3)10-16(23)22-15-11-14-8-9-18(15,17(14,4)5)12-30(22,25)26/h13-15H,6-12H2,1-5H3/t13-,14-,15+,18-/m1/s1. The van der Waals surface area contributed by atoms with Gasteiger partial charge in [-0.15, -0.1) is 0 Å². The van der Waals surface area contributed by atoms with Crippen molar-refractivity contribution < 1.29 is 35.6 Å². The summed E-state index contributed by atoms with van der Waals surface area (Å²) in [4.78, 5) is 13.0. The highest BCUT2D eigenvalue weighted by Gasteiger charge is 2.72. The maximum absolute atomic E-state index is 15.0. The van der Waals surface area contributed by atoms with Crippen LogP contribution in [0.2, 0.25) is 0 Å². The van der Waals surface area contributed by atoms with Crippen LogP contribution in [0.1, 0.15) is 60.3 Å². The predicted octanol–water partition coefficient (Wildman–Crippen LogP) is 4.24. The van der Waals surface area contributed by atoms with E-state index in [1.165, 1.54) is 13.8 Å². The molecule has 3 fully saturated rings. The van der Waals surface area contributed by atoms with Gasteiger partial charge in [0.05, 0.1) is 25.0 Å². The Bertz CT molecular complexity index is 853. The zero-order valence-corrected chi connectivity index (χ0v) is 19.9. The number of sulfonamides is 1. The number of hydrogen-bond acceptors (Lipinski definition) is 6. The number of alkyl halides is 2. The number of nitrogens with zero attached hydrogens (tertiary/aromatic N) is 1. The summed E-state index contributed by atoms with van der Waals surface area (Å²) in [6.45, 7) is 7.53. The lowest BCUT2D eigenvalue weighted by Crippen LogP contribution is -2.45. The largest absolute Gasteiger partial charge is 0.399 e. The Balaban J connectivity index is 1.85. The second kappa shape index (κ2) is 7.49. The highest BCUT2D eigenvalue weighted by Crippen LogP contribution is 2.70. The lowest BCUT2D eigenvalue weighted by atomic mass is 9.69. The van der Waals surface area contributed by atoms with Crippen LogP contribution in [0.3, 0.4) is 0 Å². The number of rotatable bonds is 8. The number of amides is 1. The molecule has 0 N–H and O–H groups in total. The van der Waals surface area contributed by atoms with Gasteiger partial charge in [-0.05, 0) is 44.4 Å². The fourth-order valence-corrected chi connectivity index (χ4v) is 10.2. The van der Waals surface area contributed by atoms with Crippen molar-refractivity contribution in [2.24, 2.45) is 22.7 Å². The molecule has 1 saturated heterocycles. The second-order valence-corrected chi connectivity index (χ2v) is 13.3. The Kier molecular flexibility index (Phi) is 6.01. The lowest BCUT2D eigenvalue weighted by Gasteiger charge is -2.37. The molecule has 1 amide bonds. The molecule has 0 unspecified atom stereocenters. The summed E-state index contributed by atoms with van der Waals surface area (Å²) in [5.41, 5.74) is -4.68. The van der Waals surface area contributed by atoms with Crippen molar-refractivity contribution in [3.05, 3.63) is 0 Å². The van der Waals surface area contributed by atoms with Gasteiger partial charge in [0.2, 0.25) is 15.9 Å². The average molecular weight is 472 g/mol. The third-order valence-electron chi connectivity index (χ3n) is 7.69. The van der Waals surface area contributed by atoms with Crippen molar-refractivity contribution in [2.45, 2.75) is 72.0 Å². The summed E-state index contributed by atoms with van der Waals surface area (Å²) < 4.78 is 78.9. The van der Waals surface area contributed by atoms with Crippen molar-refractivity contribution >= 4 is 23.5 Å².